The summed E-state index contributed by atoms with van der Waals surface area (Å²) in [6.45, 7) is 7.09. The van der Waals surface area contributed by atoms with E-state index in [1.165, 1.54) is 11.0 Å². The third kappa shape index (κ3) is 10.0. The van der Waals surface area contributed by atoms with Crippen molar-refractivity contribution >= 4 is 78.6 Å². The Labute approximate surface area is 306 Å². The van der Waals surface area contributed by atoms with Crippen molar-refractivity contribution in [3.05, 3.63) is 141 Å². The van der Waals surface area contributed by atoms with Crippen LogP contribution in [0.2, 0.25) is 0 Å². The van der Waals surface area contributed by atoms with Crippen LogP contribution in [0.15, 0.2) is 129 Å². The van der Waals surface area contributed by atoms with Crippen molar-refractivity contribution in [2.24, 2.45) is 4.99 Å². The number of ether oxygens (including phenoxy) is 2. The zero-order valence-electron chi connectivity index (χ0n) is 26.7. The number of carbonyl (C=O) groups is 4. The molecule has 0 fully saturated rings. The van der Waals surface area contributed by atoms with Crippen molar-refractivity contribution in [1.82, 2.24) is 10.2 Å². The molecule has 0 saturated carbocycles. The number of nitrogens with one attached hydrogen (secondary N) is 1. The maximum absolute atomic E-state index is 14.0. The van der Waals surface area contributed by atoms with Gasteiger partial charge in [-0.05, 0) is 86.7 Å². The SMILES string of the molecule is C=C/C=C\C(=C/C)N1C(=O)/C(=C/c2cc(Br)c(OCC(=O)OCC)c(Br)c2)C(=O)N=C1SCC(=O)NC(c1ccccc1)c1ccccc1. The summed E-state index contributed by atoms with van der Waals surface area (Å²) in [7, 11) is 0. The lowest BCUT2D eigenvalue weighted by atomic mass is 9.99. The Morgan fingerprint density at radius 2 is 1.63 bits per heavy atom. The fourth-order valence-corrected chi connectivity index (χ4v) is 6.95. The first kappa shape index (κ1) is 37.3. The van der Waals surface area contributed by atoms with Crippen LogP contribution in [0.25, 0.3) is 6.08 Å². The van der Waals surface area contributed by atoms with Crippen molar-refractivity contribution < 1.29 is 28.7 Å². The van der Waals surface area contributed by atoms with Crippen LogP contribution in [0.3, 0.4) is 0 Å². The van der Waals surface area contributed by atoms with Gasteiger partial charge in [0.05, 0.1) is 27.3 Å². The van der Waals surface area contributed by atoms with Gasteiger partial charge in [-0.1, -0.05) is 97.2 Å². The van der Waals surface area contributed by atoms with Crippen LogP contribution in [-0.2, 0) is 23.9 Å². The van der Waals surface area contributed by atoms with E-state index < -0.39 is 23.8 Å². The minimum absolute atomic E-state index is 0.0603. The second-order valence-electron chi connectivity index (χ2n) is 10.2. The van der Waals surface area contributed by atoms with Crippen LogP contribution < -0.4 is 10.1 Å². The smallest absolute Gasteiger partial charge is 0.344 e. The average molecular weight is 808 g/mol. The van der Waals surface area contributed by atoms with Crippen molar-refractivity contribution in [2.75, 3.05) is 19.0 Å². The number of amides is 3. The largest absolute Gasteiger partial charge is 0.480 e. The molecule has 9 nitrogen and oxygen atoms in total. The Morgan fingerprint density at radius 1 is 1.02 bits per heavy atom. The molecule has 3 amide bonds. The van der Waals surface area contributed by atoms with Crippen LogP contribution in [0.5, 0.6) is 5.75 Å². The summed E-state index contributed by atoms with van der Waals surface area (Å²) >= 11 is 7.85. The number of hydrogen-bond donors (Lipinski definition) is 1. The van der Waals surface area contributed by atoms with E-state index in [2.05, 4.69) is 48.7 Å². The van der Waals surface area contributed by atoms with E-state index in [0.717, 1.165) is 22.9 Å². The standard InChI is InChI=1S/C37H33Br2N3O6S/c1-4-7-18-27(5-2)42-36(46)28(19-24-20-29(38)34(30(39)21-24)48-22-32(44)47-6-3)35(45)41-37(42)49-23-31(43)40-33(25-14-10-8-11-15-25)26-16-12-9-13-17-26/h4-5,7-21,33H,1,6,22-23H2,2-3H3,(H,40,43)/b18-7-,27-5+,28-19+. The van der Waals surface area contributed by atoms with Gasteiger partial charge in [0.1, 0.15) is 11.3 Å². The number of halogens is 2. The number of rotatable bonds is 13. The highest BCUT2D eigenvalue weighted by atomic mass is 79.9. The summed E-state index contributed by atoms with van der Waals surface area (Å²) in [5.41, 5.74) is 2.55. The van der Waals surface area contributed by atoms with Gasteiger partial charge in [-0.25, -0.2) is 4.79 Å². The molecule has 3 aromatic rings. The Kier molecular flexibility index (Phi) is 13.9. The Bertz CT molecular complexity index is 1780. The van der Waals surface area contributed by atoms with Crippen molar-refractivity contribution in [3.63, 3.8) is 0 Å². The summed E-state index contributed by atoms with van der Waals surface area (Å²) in [6.07, 6.45) is 8.01. The van der Waals surface area contributed by atoms with E-state index in [1.54, 1.807) is 50.3 Å². The summed E-state index contributed by atoms with van der Waals surface area (Å²) in [4.78, 5) is 58.1. The van der Waals surface area contributed by atoms with Gasteiger partial charge in [-0.15, -0.1) is 0 Å². The molecule has 4 rings (SSSR count). The number of hydrogen-bond acceptors (Lipinski definition) is 7. The number of nitrogens with zero attached hydrogens (tertiary/aromatic N) is 2. The highest BCUT2D eigenvalue weighted by molar-refractivity contribution is 9.11. The van der Waals surface area contributed by atoms with Crippen LogP contribution >= 0.6 is 43.6 Å². The van der Waals surface area contributed by atoms with E-state index in [4.69, 9.17) is 9.47 Å². The van der Waals surface area contributed by atoms with Gasteiger partial charge in [0.2, 0.25) is 5.91 Å². The molecular formula is C37H33Br2N3O6S. The molecule has 1 N–H and O–H groups in total. The second-order valence-corrected chi connectivity index (χ2v) is 12.9. The number of esters is 1. The molecule has 49 heavy (non-hydrogen) atoms. The minimum Gasteiger partial charge on any atom is -0.480 e. The predicted molar refractivity (Wildman–Crippen MR) is 200 cm³/mol. The van der Waals surface area contributed by atoms with Gasteiger partial charge in [0.15, 0.2) is 11.8 Å². The molecule has 0 atom stereocenters. The molecule has 0 radical (unpaired) electrons. The van der Waals surface area contributed by atoms with E-state index in [0.29, 0.717) is 26.0 Å². The predicted octanol–water partition coefficient (Wildman–Crippen LogP) is 7.55. The van der Waals surface area contributed by atoms with Gasteiger partial charge < -0.3 is 14.8 Å². The Hall–Kier alpha value is -4.52. The number of carbonyl (C=O) groups excluding carboxylic acids is 4. The van der Waals surface area contributed by atoms with Crippen LogP contribution in [0.1, 0.15) is 36.6 Å². The summed E-state index contributed by atoms with van der Waals surface area (Å²) in [6, 6.07) is 22.1. The molecular weight excluding hydrogens is 774 g/mol. The van der Waals surface area contributed by atoms with Crippen LogP contribution in [-0.4, -0.2) is 52.7 Å². The highest BCUT2D eigenvalue weighted by Crippen LogP contribution is 2.36. The first-order chi connectivity index (χ1) is 23.7. The first-order valence-corrected chi connectivity index (χ1v) is 17.7. The quantitative estimate of drug-likeness (QED) is 0.0822. The molecule has 3 aromatic carbocycles. The summed E-state index contributed by atoms with van der Waals surface area (Å²) < 4.78 is 11.5. The molecule has 1 aliphatic heterocycles. The summed E-state index contributed by atoms with van der Waals surface area (Å²) in [5.74, 6) is -1.97. The Balaban J connectivity index is 1.61. The molecule has 0 saturated heterocycles. The lowest BCUT2D eigenvalue weighted by Crippen LogP contribution is -2.42. The number of allylic oxidation sites excluding steroid dienone is 4. The zero-order valence-corrected chi connectivity index (χ0v) is 30.7. The molecule has 0 bridgehead atoms. The average Bonchev–Trinajstić information content (AvgIpc) is 3.09. The lowest BCUT2D eigenvalue weighted by molar-refractivity contribution is -0.145. The minimum atomic E-state index is -0.756. The Morgan fingerprint density at radius 3 is 2.18 bits per heavy atom. The van der Waals surface area contributed by atoms with Crippen molar-refractivity contribution in [2.45, 2.75) is 19.9 Å². The van der Waals surface area contributed by atoms with E-state index in [1.807, 2.05) is 60.7 Å². The maximum atomic E-state index is 14.0. The van der Waals surface area contributed by atoms with Gasteiger partial charge in [-0.3, -0.25) is 19.3 Å². The fourth-order valence-electron chi connectivity index (χ4n) is 4.69. The zero-order chi connectivity index (χ0) is 35.3. The number of amidine groups is 1. The van der Waals surface area contributed by atoms with E-state index in [9.17, 15) is 19.2 Å². The van der Waals surface area contributed by atoms with Gasteiger partial charge in [0, 0.05) is 5.70 Å². The number of benzene rings is 3. The highest BCUT2D eigenvalue weighted by Gasteiger charge is 2.35. The lowest BCUT2D eigenvalue weighted by Gasteiger charge is -2.28. The number of aliphatic imine (C=N–C) groups is 1. The topological polar surface area (TPSA) is 114 Å². The third-order valence-electron chi connectivity index (χ3n) is 6.88. The molecule has 0 spiro atoms. The molecule has 0 aliphatic carbocycles. The molecule has 12 heteroatoms. The first-order valence-electron chi connectivity index (χ1n) is 15.1. The molecule has 0 unspecified atom stereocenters. The normalized spacial score (nSPS) is 14.3. The maximum Gasteiger partial charge on any atom is 0.344 e. The van der Waals surface area contributed by atoms with E-state index in [-0.39, 0.29) is 35.6 Å². The van der Waals surface area contributed by atoms with Gasteiger partial charge in [-0.2, -0.15) is 4.99 Å². The summed E-state index contributed by atoms with van der Waals surface area (Å²) in [5, 5.41) is 3.14. The van der Waals surface area contributed by atoms with Gasteiger partial charge in [0.25, 0.3) is 11.8 Å². The fraction of sp³-hybridized carbons (Fsp3) is 0.162. The van der Waals surface area contributed by atoms with Crippen LogP contribution in [0, 0.1) is 0 Å². The van der Waals surface area contributed by atoms with Crippen LogP contribution in [0.4, 0.5) is 0 Å². The van der Waals surface area contributed by atoms with Crippen molar-refractivity contribution in [3.8, 4) is 5.75 Å². The molecule has 0 aromatic heterocycles. The van der Waals surface area contributed by atoms with Crippen molar-refractivity contribution in [1.29, 1.82) is 0 Å². The van der Waals surface area contributed by atoms with E-state index >= 15 is 0 Å². The molecule has 1 heterocycles. The van der Waals surface area contributed by atoms with Gasteiger partial charge >= 0.3 is 5.97 Å². The molecule has 1 aliphatic rings. The second kappa shape index (κ2) is 18.3. The number of thioether (sulfide) groups is 1. The monoisotopic (exact) mass is 805 g/mol. The third-order valence-corrected chi connectivity index (χ3v) is 9.00. The molecule has 252 valence electrons.